The second-order valence-corrected chi connectivity index (χ2v) is 4.48. The Morgan fingerprint density at radius 1 is 1.20 bits per heavy atom. The minimum Gasteiger partial charge on any atom is -0.479 e. The van der Waals surface area contributed by atoms with Crippen molar-refractivity contribution in [3.05, 3.63) is 0 Å². The summed E-state index contributed by atoms with van der Waals surface area (Å²) < 4.78 is 5.49. The lowest BCUT2D eigenvalue weighted by molar-refractivity contribution is -0.168. The first-order valence-electron chi connectivity index (χ1n) is 5.64. The van der Waals surface area contributed by atoms with E-state index < -0.39 is 11.6 Å². The molecule has 1 aliphatic carbocycles. The quantitative estimate of drug-likeness (QED) is 0.761. The highest BCUT2D eigenvalue weighted by Gasteiger charge is 2.38. The third-order valence-electron chi connectivity index (χ3n) is 3.01. The molecule has 3 nitrogen and oxygen atoms in total. The number of ether oxygens (including phenoxy) is 1. The van der Waals surface area contributed by atoms with Gasteiger partial charge in [0.05, 0.1) is 6.61 Å². The van der Waals surface area contributed by atoms with E-state index in [4.69, 9.17) is 16.3 Å². The highest BCUT2D eigenvalue weighted by molar-refractivity contribution is 6.18. The Morgan fingerprint density at radius 2 is 1.73 bits per heavy atom. The Balaban J connectivity index is 2.62. The number of hydrogen-bond donors (Lipinski definition) is 1. The van der Waals surface area contributed by atoms with Crippen molar-refractivity contribution in [1.29, 1.82) is 0 Å². The standard InChI is InChI=1S/C11H19ClO3/c12-8-9-15-11(10(13)14)6-4-2-1-3-5-7-11/h1-9H2,(H,13,14). The Bertz CT molecular complexity index is 192. The minimum atomic E-state index is -0.963. The highest BCUT2D eigenvalue weighted by atomic mass is 35.5. The molecule has 0 spiro atoms. The molecule has 1 rings (SSSR count). The average Bonchev–Trinajstić information content (AvgIpc) is 2.16. The highest BCUT2D eigenvalue weighted by Crippen LogP contribution is 2.30. The molecule has 0 aliphatic heterocycles. The molecular formula is C11H19ClO3. The van der Waals surface area contributed by atoms with Crippen LogP contribution in [0.3, 0.4) is 0 Å². The fourth-order valence-electron chi connectivity index (χ4n) is 2.13. The summed E-state index contributed by atoms with van der Waals surface area (Å²) in [5.41, 5.74) is -0.963. The Hall–Kier alpha value is -0.280. The van der Waals surface area contributed by atoms with Gasteiger partial charge >= 0.3 is 5.97 Å². The van der Waals surface area contributed by atoms with Crippen molar-refractivity contribution in [2.24, 2.45) is 0 Å². The van der Waals surface area contributed by atoms with Crippen LogP contribution in [0.25, 0.3) is 0 Å². The van der Waals surface area contributed by atoms with Crippen molar-refractivity contribution in [3.63, 3.8) is 0 Å². The van der Waals surface area contributed by atoms with Crippen LogP contribution in [0.2, 0.25) is 0 Å². The van der Waals surface area contributed by atoms with Gasteiger partial charge in [-0.2, -0.15) is 0 Å². The van der Waals surface area contributed by atoms with Gasteiger partial charge in [0.15, 0.2) is 5.60 Å². The molecule has 0 unspecified atom stereocenters. The van der Waals surface area contributed by atoms with Gasteiger partial charge < -0.3 is 9.84 Å². The zero-order valence-corrected chi connectivity index (χ0v) is 9.76. The van der Waals surface area contributed by atoms with E-state index in [9.17, 15) is 9.90 Å². The van der Waals surface area contributed by atoms with Crippen LogP contribution in [-0.4, -0.2) is 29.2 Å². The molecule has 0 bridgehead atoms. The van der Waals surface area contributed by atoms with Crippen molar-refractivity contribution in [2.75, 3.05) is 12.5 Å². The lowest BCUT2D eigenvalue weighted by Gasteiger charge is -2.31. The van der Waals surface area contributed by atoms with E-state index in [0.717, 1.165) is 25.7 Å². The molecule has 0 radical (unpaired) electrons. The first-order valence-corrected chi connectivity index (χ1v) is 6.18. The van der Waals surface area contributed by atoms with Crippen molar-refractivity contribution in [3.8, 4) is 0 Å². The normalized spacial score (nSPS) is 21.7. The molecule has 0 aromatic heterocycles. The van der Waals surface area contributed by atoms with Crippen LogP contribution in [0.1, 0.15) is 44.9 Å². The first kappa shape index (κ1) is 12.8. The summed E-state index contributed by atoms with van der Waals surface area (Å²) in [7, 11) is 0. The number of carboxylic acid groups (broad SMARTS) is 1. The van der Waals surface area contributed by atoms with Crippen LogP contribution in [0.5, 0.6) is 0 Å². The SMILES string of the molecule is O=C(O)C1(OCCCl)CCCCCCC1. The van der Waals surface area contributed by atoms with Gasteiger partial charge in [-0.15, -0.1) is 11.6 Å². The molecule has 0 atom stereocenters. The number of carboxylic acids is 1. The predicted molar refractivity (Wildman–Crippen MR) is 59.4 cm³/mol. The molecule has 88 valence electrons. The van der Waals surface area contributed by atoms with E-state index in [1.165, 1.54) is 6.42 Å². The van der Waals surface area contributed by atoms with E-state index in [-0.39, 0.29) is 0 Å². The molecule has 1 aliphatic rings. The van der Waals surface area contributed by atoms with Crippen molar-refractivity contribution in [2.45, 2.75) is 50.5 Å². The molecule has 1 saturated carbocycles. The molecule has 0 saturated heterocycles. The van der Waals surface area contributed by atoms with Crippen molar-refractivity contribution >= 4 is 17.6 Å². The summed E-state index contributed by atoms with van der Waals surface area (Å²) >= 11 is 5.54. The van der Waals surface area contributed by atoms with Crippen LogP contribution >= 0.6 is 11.6 Å². The lowest BCUT2D eigenvalue weighted by Crippen LogP contribution is -2.42. The van der Waals surface area contributed by atoms with Gasteiger partial charge in [-0.05, 0) is 25.7 Å². The Kier molecular flexibility index (Phi) is 5.40. The van der Waals surface area contributed by atoms with E-state index in [1.807, 2.05) is 0 Å². The topological polar surface area (TPSA) is 46.5 Å². The number of hydrogen-bond acceptors (Lipinski definition) is 2. The van der Waals surface area contributed by atoms with E-state index in [1.54, 1.807) is 0 Å². The van der Waals surface area contributed by atoms with Gasteiger partial charge in [0.1, 0.15) is 0 Å². The summed E-state index contributed by atoms with van der Waals surface area (Å²) in [6, 6.07) is 0. The van der Waals surface area contributed by atoms with E-state index in [2.05, 4.69) is 0 Å². The first-order chi connectivity index (χ1) is 7.21. The predicted octanol–water partition coefficient (Wildman–Crippen LogP) is 2.81. The zero-order valence-electron chi connectivity index (χ0n) is 9.01. The molecule has 0 amide bonds. The largest absolute Gasteiger partial charge is 0.479 e. The number of carbonyl (C=O) groups is 1. The number of aliphatic carboxylic acids is 1. The lowest BCUT2D eigenvalue weighted by atomic mass is 9.87. The monoisotopic (exact) mass is 234 g/mol. The Morgan fingerprint density at radius 3 is 2.20 bits per heavy atom. The fraction of sp³-hybridized carbons (Fsp3) is 0.909. The summed E-state index contributed by atoms with van der Waals surface area (Å²) in [4.78, 5) is 11.3. The maximum atomic E-state index is 11.3. The van der Waals surface area contributed by atoms with Crippen LogP contribution in [0, 0.1) is 0 Å². The van der Waals surface area contributed by atoms with E-state index in [0.29, 0.717) is 25.3 Å². The smallest absolute Gasteiger partial charge is 0.335 e. The second kappa shape index (κ2) is 6.33. The maximum Gasteiger partial charge on any atom is 0.335 e. The van der Waals surface area contributed by atoms with E-state index >= 15 is 0 Å². The number of alkyl halides is 1. The zero-order chi connectivity index (χ0) is 11.1. The second-order valence-electron chi connectivity index (χ2n) is 4.10. The van der Waals surface area contributed by atoms with Crippen LogP contribution in [-0.2, 0) is 9.53 Å². The third kappa shape index (κ3) is 3.65. The van der Waals surface area contributed by atoms with Gasteiger partial charge in [0, 0.05) is 5.88 Å². The van der Waals surface area contributed by atoms with Gasteiger partial charge in [-0.1, -0.05) is 19.3 Å². The number of rotatable bonds is 4. The molecule has 1 fully saturated rings. The molecule has 0 heterocycles. The maximum absolute atomic E-state index is 11.3. The van der Waals surface area contributed by atoms with Gasteiger partial charge in [0.2, 0.25) is 0 Å². The summed E-state index contributed by atoms with van der Waals surface area (Å²) in [5, 5.41) is 9.26. The average molecular weight is 235 g/mol. The van der Waals surface area contributed by atoms with Crippen LogP contribution in [0.4, 0.5) is 0 Å². The molecule has 4 heteroatoms. The minimum absolute atomic E-state index is 0.327. The number of halogens is 1. The molecular weight excluding hydrogens is 216 g/mol. The van der Waals surface area contributed by atoms with Crippen LogP contribution in [0.15, 0.2) is 0 Å². The molecule has 1 N–H and O–H groups in total. The summed E-state index contributed by atoms with van der Waals surface area (Å²) in [6.07, 6.45) is 6.56. The Labute approximate surface area is 95.8 Å². The summed E-state index contributed by atoms with van der Waals surface area (Å²) in [6.45, 7) is 0.327. The molecule has 0 aromatic carbocycles. The molecule has 15 heavy (non-hydrogen) atoms. The summed E-state index contributed by atoms with van der Waals surface area (Å²) in [5.74, 6) is -0.468. The van der Waals surface area contributed by atoms with Gasteiger partial charge in [-0.3, -0.25) is 0 Å². The third-order valence-corrected chi connectivity index (χ3v) is 3.16. The van der Waals surface area contributed by atoms with Crippen molar-refractivity contribution < 1.29 is 14.6 Å². The molecule has 0 aromatic rings. The van der Waals surface area contributed by atoms with Gasteiger partial charge in [0.25, 0.3) is 0 Å². The van der Waals surface area contributed by atoms with Crippen molar-refractivity contribution in [1.82, 2.24) is 0 Å². The van der Waals surface area contributed by atoms with Gasteiger partial charge in [-0.25, -0.2) is 4.79 Å². The van der Waals surface area contributed by atoms with Crippen LogP contribution < -0.4 is 0 Å². The fourth-order valence-corrected chi connectivity index (χ4v) is 2.21.